The minimum atomic E-state index is -0.275. The number of esters is 1. The van der Waals surface area contributed by atoms with Crippen LogP contribution >= 0.6 is 0 Å². The molecule has 6 heteroatoms. The minimum absolute atomic E-state index is 0.169. The van der Waals surface area contributed by atoms with Crippen LogP contribution in [0.1, 0.15) is 16.8 Å². The van der Waals surface area contributed by atoms with Crippen LogP contribution in [-0.2, 0) is 9.53 Å². The molecule has 1 aromatic rings. The maximum atomic E-state index is 12.6. The SMILES string of the molecule is COC(=O)C1CCN(C(=O)c2cc(OC)ccc2OC)C1. The van der Waals surface area contributed by atoms with E-state index in [4.69, 9.17) is 14.2 Å². The van der Waals surface area contributed by atoms with Crippen LogP contribution in [0.4, 0.5) is 0 Å². The predicted octanol–water partition coefficient (Wildman–Crippen LogP) is 1.34. The number of methoxy groups -OCH3 is 3. The molecule has 21 heavy (non-hydrogen) atoms. The topological polar surface area (TPSA) is 65.1 Å². The molecule has 1 aliphatic heterocycles. The zero-order chi connectivity index (χ0) is 15.4. The summed E-state index contributed by atoms with van der Waals surface area (Å²) < 4.78 is 15.1. The highest BCUT2D eigenvalue weighted by molar-refractivity contribution is 5.98. The van der Waals surface area contributed by atoms with Gasteiger partial charge < -0.3 is 19.1 Å². The van der Waals surface area contributed by atoms with E-state index < -0.39 is 0 Å². The number of carbonyl (C=O) groups excluding carboxylic acids is 2. The van der Waals surface area contributed by atoms with Gasteiger partial charge in [0, 0.05) is 13.1 Å². The lowest BCUT2D eigenvalue weighted by atomic mass is 10.1. The van der Waals surface area contributed by atoms with E-state index in [-0.39, 0.29) is 17.8 Å². The van der Waals surface area contributed by atoms with E-state index in [1.54, 1.807) is 30.2 Å². The van der Waals surface area contributed by atoms with Crippen LogP contribution in [0.2, 0.25) is 0 Å². The lowest BCUT2D eigenvalue weighted by Crippen LogP contribution is -2.30. The number of likely N-dealkylation sites (tertiary alicyclic amines) is 1. The first-order chi connectivity index (χ1) is 10.1. The average Bonchev–Trinajstić information content (AvgIpc) is 3.02. The summed E-state index contributed by atoms with van der Waals surface area (Å²) in [6, 6.07) is 5.07. The molecule has 1 heterocycles. The van der Waals surface area contributed by atoms with Crippen molar-refractivity contribution in [3.63, 3.8) is 0 Å². The van der Waals surface area contributed by atoms with Gasteiger partial charge in [-0.25, -0.2) is 0 Å². The average molecular weight is 293 g/mol. The van der Waals surface area contributed by atoms with Crippen molar-refractivity contribution in [1.82, 2.24) is 4.90 Å². The second-order valence-electron chi connectivity index (χ2n) is 4.83. The molecule has 0 radical (unpaired) electrons. The summed E-state index contributed by atoms with van der Waals surface area (Å²) in [6.07, 6.45) is 0.616. The molecule has 0 N–H and O–H groups in total. The first-order valence-electron chi connectivity index (χ1n) is 6.69. The summed E-state index contributed by atoms with van der Waals surface area (Å²) in [5.41, 5.74) is 0.433. The molecule has 0 spiro atoms. The number of amides is 1. The Balaban J connectivity index is 2.19. The smallest absolute Gasteiger partial charge is 0.310 e. The van der Waals surface area contributed by atoms with Crippen LogP contribution in [0.5, 0.6) is 11.5 Å². The van der Waals surface area contributed by atoms with Crippen LogP contribution in [0.15, 0.2) is 18.2 Å². The zero-order valence-electron chi connectivity index (χ0n) is 12.4. The standard InChI is InChI=1S/C15H19NO5/c1-19-11-4-5-13(20-2)12(8-11)14(17)16-7-6-10(9-16)15(18)21-3/h4-5,8,10H,6-7,9H2,1-3H3. The van der Waals surface area contributed by atoms with Gasteiger partial charge >= 0.3 is 5.97 Å². The Morgan fingerprint density at radius 3 is 2.57 bits per heavy atom. The summed E-state index contributed by atoms with van der Waals surface area (Å²) >= 11 is 0. The molecule has 0 bridgehead atoms. The Hall–Kier alpha value is -2.24. The van der Waals surface area contributed by atoms with Crippen molar-refractivity contribution in [3.8, 4) is 11.5 Å². The van der Waals surface area contributed by atoms with Crippen molar-refractivity contribution in [2.75, 3.05) is 34.4 Å². The van der Waals surface area contributed by atoms with Gasteiger partial charge in [-0.3, -0.25) is 9.59 Å². The summed E-state index contributed by atoms with van der Waals surface area (Å²) in [7, 11) is 4.41. The van der Waals surface area contributed by atoms with Gasteiger partial charge in [-0.2, -0.15) is 0 Å². The monoisotopic (exact) mass is 293 g/mol. The molecule has 1 amide bonds. The molecular weight excluding hydrogens is 274 g/mol. The fourth-order valence-electron chi connectivity index (χ4n) is 2.46. The van der Waals surface area contributed by atoms with E-state index in [0.29, 0.717) is 36.6 Å². The maximum absolute atomic E-state index is 12.6. The van der Waals surface area contributed by atoms with Crippen molar-refractivity contribution < 1.29 is 23.8 Å². The van der Waals surface area contributed by atoms with Crippen LogP contribution in [0.25, 0.3) is 0 Å². The Labute approximate surface area is 123 Å². The first kappa shape index (κ1) is 15.2. The summed E-state index contributed by atoms with van der Waals surface area (Å²) in [4.78, 5) is 25.8. The lowest BCUT2D eigenvalue weighted by molar-refractivity contribution is -0.144. The summed E-state index contributed by atoms with van der Waals surface area (Å²) in [5, 5.41) is 0. The minimum Gasteiger partial charge on any atom is -0.497 e. The molecule has 0 saturated carbocycles. The van der Waals surface area contributed by atoms with Crippen molar-refractivity contribution in [2.24, 2.45) is 5.92 Å². The molecule has 1 fully saturated rings. The first-order valence-corrected chi connectivity index (χ1v) is 6.69. The molecule has 0 aliphatic carbocycles. The van der Waals surface area contributed by atoms with E-state index in [2.05, 4.69) is 0 Å². The fraction of sp³-hybridized carbons (Fsp3) is 0.467. The molecule has 2 rings (SSSR count). The molecule has 1 aliphatic rings. The third-order valence-electron chi connectivity index (χ3n) is 3.65. The molecule has 6 nitrogen and oxygen atoms in total. The van der Waals surface area contributed by atoms with Crippen LogP contribution < -0.4 is 9.47 Å². The van der Waals surface area contributed by atoms with E-state index in [9.17, 15) is 9.59 Å². The Bertz CT molecular complexity index is 543. The number of ether oxygens (including phenoxy) is 3. The highest BCUT2D eigenvalue weighted by Gasteiger charge is 2.33. The van der Waals surface area contributed by atoms with Crippen LogP contribution in [0.3, 0.4) is 0 Å². The quantitative estimate of drug-likeness (QED) is 0.784. The van der Waals surface area contributed by atoms with E-state index in [1.165, 1.54) is 14.2 Å². The number of nitrogens with zero attached hydrogens (tertiary/aromatic N) is 1. The van der Waals surface area contributed by atoms with Gasteiger partial charge in [0.1, 0.15) is 11.5 Å². The number of carbonyl (C=O) groups is 2. The maximum Gasteiger partial charge on any atom is 0.310 e. The van der Waals surface area contributed by atoms with Gasteiger partial charge in [0.05, 0.1) is 32.8 Å². The normalized spacial score (nSPS) is 17.5. The Morgan fingerprint density at radius 1 is 1.19 bits per heavy atom. The number of rotatable bonds is 4. The lowest BCUT2D eigenvalue weighted by Gasteiger charge is -2.18. The Morgan fingerprint density at radius 2 is 1.95 bits per heavy atom. The highest BCUT2D eigenvalue weighted by Crippen LogP contribution is 2.27. The van der Waals surface area contributed by atoms with Gasteiger partial charge in [-0.15, -0.1) is 0 Å². The van der Waals surface area contributed by atoms with E-state index in [1.807, 2.05) is 0 Å². The fourth-order valence-corrected chi connectivity index (χ4v) is 2.46. The van der Waals surface area contributed by atoms with Gasteiger partial charge in [0.25, 0.3) is 5.91 Å². The van der Waals surface area contributed by atoms with Crippen molar-refractivity contribution in [2.45, 2.75) is 6.42 Å². The summed E-state index contributed by atoms with van der Waals surface area (Å²) in [5.74, 6) is 0.376. The van der Waals surface area contributed by atoms with Crippen molar-refractivity contribution in [1.29, 1.82) is 0 Å². The van der Waals surface area contributed by atoms with Crippen LogP contribution in [0, 0.1) is 5.92 Å². The summed E-state index contributed by atoms with van der Waals surface area (Å²) in [6.45, 7) is 0.894. The second-order valence-corrected chi connectivity index (χ2v) is 4.83. The van der Waals surface area contributed by atoms with Gasteiger partial charge in [-0.05, 0) is 24.6 Å². The van der Waals surface area contributed by atoms with E-state index >= 15 is 0 Å². The van der Waals surface area contributed by atoms with Crippen LogP contribution in [-0.4, -0.2) is 51.2 Å². The van der Waals surface area contributed by atoms with Gasteiger partial charge in [0.15, 0.2) is 0 Å². The zero-order valence-corrected chi connectivity index (χ0v) is 12.4. The predicted molar refractivity (Wildman–Crippen MR) is 75.6 cm³/mol. The van der Waals surface area contributed by atoms with Crippen molar-refractivity contribution >= 4 is 11.9 Å². The second kappa shape index (κ2) is 6.47. The Kier molecular flexibility index (Phi) is 4.67. The molecular formula is C15H19NO5. The number of hydrogen-bond donors (Lipinski definition) is 0. The molecule has 114 valence electrons. The molecule has 0 aromatic heterocycles. The van der Waals surface area contributed by atoms with Crippen molar-refractivity contribution in [3.05, 3.63) is 23.8 Å². The third kappa shape index (κ3) is 3.09. The largest absolute Gasteiger partial charge is 0.497 e. The molecule has 1 unspecified atom stereocenters. The third-order valence-corrected chi connectivity index (χ3v) is 3.65. The molecule has 1 saturated heterocycles. The van der Waals surface area contributed by atoms with Gasteiger partial charge in [0.2, 0.25) is 0 Å². The van der Waals surface area contributed by atoms with Gasteiger partial charge in [-0.1, -0.05) is 0 Å². The number of hydrogen-bond acceptors (Lipinski definition) is 5. The van der Waals surface area contributed by atoms with E-state index in [0.717, 1.165) is 0 Å². The number of benzene rings is 1. The molecule has 1 atom stereocenters. The molecule has 1 aromatic carbocycles. The highest BCUT2D eigenvalue weighted by atomic mass is 16.5.